The minimum absolute atomic E-state index is 0.0592. The average molecular weight is 322 g/mol. The van der Waals surface area contributed by atoms with Crippen LogP contribution in [0.5, 0.6) is 0 Å². The molecule has 0 saturated heterocycles. The summed E-state index contributed by atoms with van der Waals surface area (Å²) < 4.78 is 25.1. The van der Waals surface area contributed by atoms with Crippen molar-refractivity contribution in [3.8, 4) is 0 Å². The Kier molecular flexibility index (Phi) is 4.16. The Morgan fingerprint density at radius 1 is 1.35 bits per heavy atom. The monoisotopic (exact) mass is 321 g/mol. The third-order valence-corrected chi connectivity index (χ3v) is 4.99. The second-order valence-electron chi connectivity index (χ2n) is 3.61. The molecule has 0 aliphatic rings. The second kappa shape index (κ2) is 5.05. The van der Waals surface area contributed by atoms with E-state index in [-0.39, 0.29) is 4.90 Å². The van der Waals surface area contributed by atoms with E-state index in [4.69, 9.17) is 5.11 Å². The maximum absolute atomic E-state index is 12.2. The predicted octanol–water partition coefficient (Wildman–Crippen LogP) is 2.53. The van der Waals surface area contributed by atoms with E-state index >= 15 is 0 Å². The highest BCUT2D eigenvalue weighted by Crippen LogP contribution is 2.25. The average Bonchev–Trinajstić information content (AvgIpc) is 2.15. The van der Waals surface area contributed by atoms with E-state index in [0.29, 0.717) is 8.78 Å². The number of sulfonamides is 1. The molecule has 5 nitrogen and oxygen atoms in total. The van der Waals surface area contributed by atoms with Crippen LogP contribution in [0.1, 0.15) is 13.8 Å². The van der Waals surface area contributed by atoms with Gasteiger partial charge in [0.2, 0.25) is 0 Å². The fourth-order valence-electron chi connectivity index (χ4n) is 1.36. The van der Waals surface area contributed by atoms with Crippen molar-refractivity contribution in [3.63, 3.8) is 0 Å². The van der Waals surface area contributed by atoms with Crippen LogP contribution >= 0.6 is 15.9 Å². The van der Waals surface area contributed by atoms with Crippen molar-refractivity contribution in [1.82, 2.24) is 4.31 Å². The summed E-state index contributed by atoms with van der Waals surface area (Å²) >= 11 is 3.10. The molecule has 0 fully saturated rings. The Bertz CT molecular complexity index is 527. The molecule has 1 aromatic rings. The maximum atomic E-state index is 12.2. The Morgan fingerprint density at radius 3 is 2.29 bits per heavy atom. The fourth-order valence-corrected chi connectivity index (χ4v) is 3.80. The van der Waals surface area contributed by atoms with Crippen molar-refractivity contribution in [2.45, 2.75) is 24.8 Å². The molecule has 17 heavy (non-hydrogen) atoms. The summed E-state index contributed by atoms with van der Waals surface area (Å²) in [7, 11) is -4.04. The van der Waals surface area contributed by atoms with Crippen LogP contribution in [0.25, 0.3) is 0 Å². The van der Waals surface area contributed by atoms with Gasteiger partial charge in [-0.2, -0.15) is 4.31 Å². The summed E-state index contributed by atoms with van der Waals surface area (Å²) in [5.74, 6) is 0. The normalized spacial score (nSPS) is 11.5. The number of nitrogens with zero attached hydrogens (tertiary/aromatic N) is 1. The van der Waals surface area contributed by atoms with Crippen LogP contribution in [0.4, 0.5) is 4.79 Å². The van der Waals surface area contributed by atoms with E-state index in [0.717, 1.165) is 0 Å². The first kappa shape index (κ1) is 14.0. The number of rotatable bonds is 3. The lowest BCUT2D eigenvalue weighted by atomic mass is 10.4. The summed E-state index contributed by atoms with van der Waals surface area (Å²) in [6, 6.07) is 5.44. The van der Waals surface area contributed by atoms with Crippen LogP contribution in [-0.2, 0) is 10.0 Å². The Balaban J connectivity index is 3.37. The summed E-state index contributed by atoms with van der Waals surface area (Å²) in [6.45, 7) is 3.00. The lowest BCUT2D eigenvalue weighted by Crippen LogP contribution is -2.41. The number of benzene rings is 1. The quantitative estimate of drug-likeness (QED) is 0.928. The summed E-state index contributed by atoms with van der Waals surface area (Å²) in [4.78, 5) is 10.9. The lowest BCUT2D eigenvalue weighted by molar-refractivity contribution is 0.165. The van der Waals surface area contributed by atoms with Crippen LogP contribution < -0.4 is 0 Å². The molecule has 0 unspecified atom stereocenters. The van der Waals surface area contributed by atoms with Crippen LogP contribution in [0.15, 0.2) is 33.6 Å². The molecule has 0 heterocycles. The molecule has 0 aromatic heterocycles. The molecule has 1 aromatic carbocycles. The maximum Gasteiger partial charge on any atom is 0.421 e. The van der Waals surface area contributed by atoms with Gasteiger partial charge in [-0.05, 0) is 41.9 Å². The first-order chi connectivity index (χ1) is 7.78. The Labute approximate surface area is 108 Å². The van der Waals surface area contributed by atoms with E-state index in [9.17, 15) is 13.2 Å². The molecule has 0 spiro atoms. The molecule has 0 aliphatic heterocycles. The summed E-state index contributed by atoms with van der Waals surface area (Å²) in [5.41, 5.74) is 0. The van der Waals surface area contributed by atoms with Gasteiger partial charge in [0, 0.05) is 10.5 Å². The molecule has 94 valence electrons. The van der Waals surface area contributed by atoms with Crippen molar-refractivity contribution in [2.24, 2.45) is 0 Å². The number of hydrogen-bond donors (Lipinski definition) is 1. The van der Waals surface area contributed by atoms with Crippen molar-refractivity contribution in [2.75, 3.05) is 0 Å². The van der Waals surface area contributed by atoms with Crippen molar-refractivity contribution in [1.29, 1.82) is 0 Å². The van der Waals surface area contributed by atoms with Crippen molar-refractivity contribution in [3.05, 3.63) is 28.7 Å². The van der Waals surface area contributed by atoms with E-state index < -0.39 is 22.2 Å². The highest BCUT2D eigenvalue weighted by atomic mass is 79.9. The zero-order chi connectivity index (χ0) is 13.2. The first-order valence-corrected chi connectivity index (χ1v) is 7.03. The molecular weight excluding hydrogens is 310 g/mol. The van der Waals surface area contributed by atoms with Gasteiger partial charge in [-0.1, -0.05) is 12.1 Å². The van der Waals surface area contributed by atoms with Gasteiger partial charge in [0.05, 0.1) is 0 Å². The third kappa shape index (κ3) is 2.78. The SMILES string of the molecule is CC(C)N(C(=O)O)S(=O)(=O)c1ccccc1Br. The number of carboxylic acid groups (broad SMARTS) is 1. The van der Waals surface area contributed by atoms with E-state index in [1.165, 1.54) is 26.0 Å². The van der Waals surface area contributed by atoms with Crippen LogP contribution in [-0.4, -0.2) is 30.0 Å². The van der Waals surface area contributed by atoms with Crippen LogP contribution in [0.3, 0.4) is 0 Å². The Morgan fingerprint density at radius 2 is 1.88 bits per heavy atom. The number of hydrogen-bond acceptors (Lipinski definition) is 3. The van der Waals surface area contributed by atoms with Gasteiger partial charge in [-0.3, -0.25) is 0 Å². The predicted molar refractivity (Wildman–Crippen MR) is 66.3 cm³/mol. The third-order valence-electron chi connectivity index (χ3n) is 2.03. The topological polar surface area (TPSA) is 74.7 Å². The molecule has 0 radical (unpaired) electrons. The van der Waals surface area contributed by atoms with E-state index in [1.807, 2.05) is 0 Å². The van der Waals surface area contributed by atoms with Crippen LogP contribution in [0, 0.1) is 0 Å². The Hall–Kier alpha value is -1.08. The molecule has 7 heteroatoms. The largest absolute Gasteiger partial charge is 0.464 e. The highest BCUT2D eigenvalue weighted by molar-refractivity contribution is 9.10. The second-order valence-corrected chi connectivity index (χ2v) is 6.25. The van der Waals surface area contributed by atoms with Gasteiger partial charge < -0.3 is 5.11 Å². The smallest absolute Gasteiger partial charge is 0.421 e. The van der Waals surface area contributed by atoms with Crippen molar-refractivity contribution < 1.29 is 18.3 Å². The summed E-state index contributed by atoms with van der Waals surface area (Å²) in [6.07, 6.45) is -1.49. The molecule has 1 amide bonds. The highest BCUT2D eigenvalue weighted by Gasteiger charge is 2.32. The van der Waals surface area contributed by atoms with E-state index in [2.05, 4.69) is 15.9 Å². The summed E-state index contributed by atoms with van der Waals surface area (Å²) in [5, 5.41) is 8.96. The van der Waals surface area contributed by atoms with Gasteiger partial charge in [-0.15, -0.1) is 0 Å². The lowest BCUT2D eigenvalue weighted by Gasteiger charge is -2.23. The van der Waals surface area contributed by atoms with Gasteiger partial charge in [0.15, 0.2) is 0 Å². The van der Waals surface area contributed by atoms with E-state index in [1.54, 1.807) is 12.1 Å². The van der Waals surface area contributed by atoms with Gasteiger partial charge >= 0.3 is 6.09 Å². The number of amides is 1. The molecule has 0 bridgehead atoms. The molecular formula is C10H12BrNO4S. The standard InChI is InChI=1S/C10H12BrNO4S/c1-7(2)12(10(13)14)17(15,16)9-6-4-3-5-8(9)11/h3-7H,1-2H3,(H,13,14). The minimum atomic E-state index is -4.04. The minimum Gasteiger partial charge on any atom is -0.464 e. The van der Waals surface area contributed by atoms with Gasteiger partial charge in [0.25, 0.3) is 10.0 Å². The van der Waals surface area contributed by atoms with Gasteiger partial charge in [-0.25, -0.2) is 13.2 Å². The molecule has 1 N–H and O–H groups in total. The number of carbonyl (C=O) groups is 1. The zero-order valence-electron chi connectivity index (χ0n) is 9.29. The molecule has 1 rings (SSSR count). The molecule has 0 saturated carbocycles. The molecule has 0 atom stereocenters. The first-order valence-electron chi connectivity index (χ1n) is 4.80. The number of halogens is 1. The van der Waals surface area contributed by atoms with Crippen LogP contribution in [0.2, 0.25) is 0 Å². The van der Waals surface area contributed by atoms with Gasteiger partial charge in [0.1, 0.15) is 4.90 Å². The molecule has 0 aliphatic carbocycles. The fraction of sp³-hybridized carbons (Fsp3) is 0.300. The zero-order valence-corrected chi connectivity index (χ0v) is 11.7. The van der Waals surface area contributed by atoms with Crippen molar-refractivity contribution >= 4 is 32.0 Å².